The number of rotatable bonds is 1. The highest BCUT2D eigenvalue weighted by Crippen LogP contribution is 2.66. The molecule has 0 unspecified atom stereocenters. The van der Waals surface area contributed by atoms with E-state index in [4.69, 9.17) is 4.74 Å². The fraction of sp³-hybridized carbons (Fsp3) is 0.600. The number of aryl methyl sites for hydroxylation is 1. The van der Waals surface area contributed by atoms with Crippen molar-refractivity contribution in [3.63, 3.8) is 0 Å². The van der Waals surface area contributed by atoms with Gasteiger partial charge in [0, 0.05) is 24.9 Å². The van der Waals surface area contributed by atoms with E-state index in [0.717, 1.165) is 50.1 Å². The molecule has 0 aromatic heterocycles. The second-order valence-electron chi connectivity index (χ2n) is 8.05. The first kappa shape index (κ1) is 14.5. The van der Waals surface area contributed by atoms with Crippen molar-refractivity contribution in [3.05, 3.63) is 29.3 Å². The van der Waals surface area contributed by atoms with Crippen LogP contribution in [0.1, 0.15) is 48.0 Å². The molecular weight excluding hydrogens is 302 g/mol. The van der Waals surface area contributed by atoms with Crippen LogP contribution in [0, 0.1) is 24.7 Å². The SMILES string of the molecule is Cc1ccc2c(c1)C(=O)C[C@@]1(CC[C@H]3[C@@H](C(=O)N4CCCC4)[C@@H]31)O2. The number of nitrogens with zero attached hydrogens (tertiary/aromatic N) is 1. The lowest BCUT2D eigenvalue weighted by atomic mass is 9.84. The summed E-state index contributed by atoms with van der Waals surface area (Å²) in [5, 5.41) is 0. The topological polar surface area (TPSA) is 46.6 Å². The van der Waals surface area contributed by atoms with Crippen molar-refractivity contribution in [1.29, 1.82) is 0 Å². The number of likely N-dealkylation sites (tertiary alicyclic amines) is 1. The Balaban J connectivity index is 1.42. The van der Waals surface area contributed by atoms with Crippen LogP contribution in [0.25, 0.3) is 0 Å². The second-order valence-corrected chi connectivity index (χ2v) is 8.05. The van der Waals surface area contributed by atoms with Gasteiger partial charge >= 0.3 is 0 Å². The lowest BCUT2D eigenvalue weighted by Crippen LogP contribution is -2.44. The average Bonchev–Trinajstić information content (AvgIpc) is 2.90. The average molecular weight is 325 g/mol. The molecule has 4 atom stereocenters. The van der Waals surface area contributed by atoms with E-state index in [-0.39, 0.29) is 17.6 Å². The highest BCUT2D eigenvalue weighted by molar-refractivity contribution is 6.01. The molecule has 2 heterocycles. The van der Waals surface area contributed by atoms with Gasteiger partial charge in [0.05, 0.1) is 12.0 Å². The molecule has 1 aromatic rings. The first-order valence-electron chi connectivity index (χ1n) is 9.21. The predicted molar refractivity (Wildman–Crippen MR) is 89.0 cm³/mol. The summed E-state index contributed by atoms with van der Waals surface area (Å²) < 4.78 is 6.41. The number of hydrogen-bond donors (Lipinski definition) is 0. The van der Waals surface area contributed by atoms with Gasteiger partial charge in [-0.1, -0.05) is 11.6 Å². The summed E-state index contributed by atoms with van der Waals surface area (Å²) in [5.74, 6) is 1.97. The molecule has 1 amide bonds. The van der Waals surface area contributed by atoms with Gasteiger partial charge in [-0.3, -0.25) is 9.59 Å². The third kappa shape index (κ3) is 1.92. The van der Waals surface area contributed by atoms with Crippen LogP contribution in [-0.4, -0.2) is 35.3 Å². The fourth-order valence-electron chi connectivity index (χ4n) is 5.41. The van der Waals surface area contributed by atoms with E-state index < -0.39 is 5.60 Å². The molecule has 4 aliphatic rings. The molecule has 0 bridgehead atoms. The second kappa shape index (κ2) is 4.84. The van der Waals surface area contributed by atoms with Crippen molar-refractivity contribution in [2.75, 3.05) is 13.1 Å². The summed E-state index contributed by atoms with van der Waals surface area (Å²) in [6, 6.07) is 5.85. The summed E-state index contributed by atoms with van der Waals surface area (Å²) in [4.78, 5) is 27.6. The van der Waals surface area contributed by atoms with E-state index >= 15 is 0 Å². The van der Waals surface area contributed by atoms with Crippen LogP contribution < -0.4 is 4.74 Å². The molecule has 0 radical (unpaired) electrons. The summed E-state index contributed by atoms with van der Waals surface area (Å²) in [5.41, 5.74) is 1.37. The van der Waals surface area contributed by atoms with Gasteiger partial charge in [0.25, 0.3) is 0 Å². The van der Waals surface area contributed by atoms with Gasteiger partial charge in [0.15, 0.2) is 5.78 Å². The summed E-state index contributed by atoms with van der Waals surface area (Å²) in [7, 11) is 0. The number of Topliss-reactive ketones (excluding diaryl/α,β-unsaturated/α-hetero) is 1. The molecule has 0 N–H and O–H groups in total. The third-order valence-corrected chi connectivity index (χ3v) is 6.59. The summed E-state index contributed by atoms with van der Waals surface area (Å²) in [6.07, 6.45) is 4.62. The standard InChI is InChI=1S/C20H23NO3/c1-12-4-5-16-14(10-12)15(22)11-20(24-16)7-6-13-17(18(13)20)19(23)21-8-2-3-9-21/h4-5,10,13,17-18H,2-3,6-9,11H2,1H3/t13-,17+,18+,20+/m0/s1. The lowest BCUT2D eigenvalue weighted by molar-refractivity contribution is -0.133. The van der Waals surface area contributed by atoms with E-state index in [1.54, 1.807) is 0 Å². The molecule has 4 heteroatoms. The number of amides is 1. The van der Waals surface area contributed by atoms with Gasteiger partial charge in [-0.2, -0.15) is 0 Å². The molecule has 1 saturated heterocycles. The quantitative estimate of drug-likeness (QED) is 0.797. The highest BCUT2D eigenvalue weighted by Gasteiger charge is 2.71. The lowest BCUT2D eigenvalue weighted by Gasteiger charge is -2.37. The van der Waals surface area contributed by atoms with Crippen LogP contribution in [-0.2, 0) is 4.79 Å². The molecule has 3 fully saturated rings. The molecule has 24 heavy (non-hydrogen) atoms. The largest absolute Gasteiger partial charge is 0.486 e. The van der Waals surface area contributed by atoms with Crippen molar-refractivity contribution < 1.29 is 14.3 Å². The summed E-state index contributed by atoms with van der Waals surface area (Å²) in [6.45, 7) is 3.81. The highest BCUT2D eigenvalue weighted by atomic mass is 16.5. The maximum atomic E-state index is 12.8. The normalized spacial score (nSPS) is 36.5. The third-order valence-electron chi connectivity index (χ3n) is 6.59. The number of ether oxygens (including phenoxy) is 1. The van der Waals surface area contributed by atoms with Crippen molar-refractivity contribution >= 4 is 11.7 Å². The monoisotopic (exact) mass is 325 g/mol. The fourth-order valence-corrected chi connectivity index (χ4v) is 5.41. The maximum Gasteiger partial charge on any atom is 0.226 e. The Morgan fingerprint density at radius 2 is 2.08 bits per heavy atom. The van der Waals surface area contributed by atoms with Gasteiger partial charge in [-0.15, -0.1) is 0 Å². The number of benzene rings is 1. The number of hydrogen-bond acceptors (Lipinski definition) is 3. The van der Waals surface area contributed by atoms with Crippen LogP contribution >= 0.6 is 0 Å². The molecule has 126 valence electrons. The number of carbonyl (C=O) groups excluding carboxylic acids is 2. The molecule has 4 nitrogen and oxygen atoms in total. The van der Waals surface area contributed by atoms with E-state index in [1.807, 2.05) is 30.0 Å². The zero-order chi connectivity index (χ0) is 16.5. The molecule has 2 saturated carbocycles. The van der Waals surface area contributed by atoms with Crippen LogP contribution in [0.5, 0.6) is 5.75 Å². The zero-order valence-electron chi connectivity index (χ0n) is 14.1. The Bertz CT molecular complexity index is 736. The molecule has 1 aromatic carbocycles. The molecule has 2 aliphatic heterocycles. The van der Waals surface area contributed by atoms with Gasteiger partial charge < -0.3 is 9.64 Å². The summed E-state index contributed by atoms with van der Waals surface area (Å²) >= 11 is 0. The Hall–Kier alpha value is -1.84. The van der Waals surface area contributed by atoms with Crippen molar-refractivity contribution in [2.24, 2.45) is 17.8 Å². The number of ketones is 1. The molecular formula is C20H23NO3. The molecule has 2 aliphatic carbocycles. The molecule has 1 spiro atoms. The van der Waals surface area contributed by atoms with Crippen molar-refractivity contribution in [1.82, 2.24) is 4.90 Å². The van der Waals surface area contributed by atoms with E-state index in [9.17, 15) is 9.59 Å². The maximum absolute atomic E-state index is 12.8. The minimum atomic E-state index is -0.427. The van der Waals surface area contributed by atoms with E-state index in [0.29, 0.717) is 23.8 Å². The molecule has 5 rings (SSSR count). The van der Waals surface area contributed by atoms with Crippen molar-refractivity contribution in [3.8, 4) is 5.75 Å². The van der Waals surface area contributed by atoms with Crippen molar-refractivity contribution in [2.45, 2.75) is 44.6 Å². The van der Waals surface area contributed by atoms with E-state index in [2.05, 4.69) is 0 Å². The van der Waals surface area contributed by atoms with Gasteiger partial charge in [-0.05, 0) is 50.7 Å². The smallest absolute Gasteiger partial charge is 0.226 e. The van der Waals surface area contributed by atoms with E-state index in [1.165, 1.54) is 0 Å². The Morgan fingerprint density at radius 1 is 1.29 bits per heavy atom. The van der Waals surface area contributed by atoms with Crippen LogP contribution in [0.15, 0.2) is 18.2 Å². The van der Waals surface area contributed by atoms with Gasteiger partial charge in [0.1, 0.15) is 11.4 Å². The minimum absolute atomic E-state index is 0.0941. The first-order valence-corrected chi connectivity index (χ1v) is 9.21. The Kier molecular flexibility index (Phi) is 2.92. The van der Waals surface area contributed by atoms with Crippen LogP contribution in [0.4, 0.5) is 0 Å². The van der Waals surface area contributed by atoms with Crippen LogP contribution in [0.3, 0.4) is 0 Å². The van der Waals surface area contributed by atoms with Gasteiger partial charge in [0.2, 0.25) is 5.91 Å². The van der Waals surface area contributed by atoms with Gasteiger partial charge in [-0.25, -0.2) is 0 Å². The number of fused-ring (bicyclic) bond motifs is 3. The Morgan fingerprint density at radius 3 is 2.88 bits per heavy atom. The minimum Gasteiger partial charge on any atom is -0.486 e. The Labute approximate surface area is 142 Å². The number of carbonyl (C=O) groups is 2. The first-order chi connectivity index (χ1) is 11.6. The zero-order valence-corrected chi connectivity index (χ0v) is 14.1. The predicted octanol–water partition coefficient (Wildman–Crippen LogP) is 2.98. The van der Waals surface area contributed by atoms with Crippen LogP contribution in [0.2, 0.25) is 0 Å².